The van der Waals surface area contributed by atoms with Gasteiger partial charge in [-0.25, -0.2) is 4.98 Å². The lowest BCUT2D eigenvalue weighted by Gasteiger charge is -2.09. The number of carbonyl (C=O) groups excluding carboxylic acids is 1. The molecule has 0 saturated heterocycles. The van der Waals surface area contributed by atoms with Crippen molar-refractivity contribution in [2.45, 2.75) is 32.6 Å². The number of unbranched alkanes of at least 4 members (excludes halogenated alkanes) is 2. The van der Waals surface area contributed by atoms with Crippen molar-refractivity contribution in [2.24, 2.45) is 5.73 Å². The zero-order valence-electron chi connectivity index (χ0n) is 14.5. The molecule has 0 aliphatic rings. The van der Waals surface area contributed by atoms with Gasteiger partial charge in [0.25, 0.3) is 0 Å². The van der Waals surface area contributed by atoms with Crippen LogP contribution in [0.25, 0.3) is 11.2 Å². The lowest BCUT2D eigenvalue weighted by atomic mass is 10.1. The molecule has 0 radical (unpaired) electrons. The van der Waals surface area contributed by atoms with E-state index >= 15 is 0 Å². The quantitative estimate of drug-likeness (QED) is 0.518. The number of aromatic nitrogens is 2. The van der Waals surface area contributed by atoms with E-state index in [1.54, 1.807) is 7.11 Å². The van der Waals surface area contributed by atoms with Gasteiger partial charge in [-0.05, 0) is 25.0 Å². The maximum absolute atomic E-state index is 11.4. The maximum Gasteiger partial charge on any atom is 0.248 e. The third kappa shape index (κ3) is 4.14. The minimum Gasteiger partial charge on any atom is -0.383 e. The number of pyridine rings is 1. The third-order valence-corrected chi connectivity index (χ3v) is 3.95. The Balaban J connectivity index is 2.38. The Kier molecular flexibility index (Phi) is 6.37. The first-order chi connectivity index (χ1) is 11.6. The first-order valence-corrected chi connectivity index (χ1v) is 8.31. The van der Waals surface area contributed by atoms with Gasteiger partial charge in [-0.3, -0.25) is 9.20 Å². The number of methoxy groups -OCH3 is 1. The third-order valence-electron chi connectivity index (χ3n) is 3.95. The zero-order valence-corrected chi connectivity index (χ0v) is 14.5. The molecule has 2 aromatic rings. The predicted octanol–water partition coefficient (Wildman–Crippen LogP) is 2.62. The van der Waals surface area contributed by atoms with Gasteiger partial charge in [0.2, 0.25) is 5.91 Å². The highest BCUT2D eigenvalue weighted by Crippen LogP contribution is 2.23. The monoisotopic (exact) mass is 330 g/mol. The second kappa shape index (κ2) is 8.49. The molecule has 0 unspecified atom stereocenters. The Bertz CT molecular complexity index is 721. The summed E-state index contributed by atoms with van der Waals surface area (Å²) < 4.78 is 7.08. The molecule has 2 heterocycles. The van der Waals surface area contributed by atoms with Crippen LogP contribution in [0.1, 0.15) is 37.4 Å². The van der Waals surface area contributed by atoms with E-state index < -0.39 is 5.91 Å². The molecule has 0 atom stereocenters. The van der Waals surface area contributed by atoms with E-state index in [0.29, 0.717) is 24.3 Å². The molecule has 130 valence electrons. The van der Waals surface area contributed by atoms with E-state index in [-0.39, 0.29) is 0 Å². The minimum atomic E-state index is -0.522. The molecule has 0 aliphatic heterocycles. The van der Waals surface area contributed by atoms with Gasteiger partial charge in [0.1, 0.15) is 11.5 Å². The standard InChI is InChI=1S/C18H26N4O2/c1-4-5-6-7-15-18(20-10-11-24-3)22-12-14(13(2)17(19)23)8-9-16(22)21-15/h8-9,12,20H,2,4-7,10-11H2,1,3H3,(H2,19,23). The van der Waals surface area contributed by atoms with Crippen LogP contribution in [0.4, 0.5) is 5.82 Å². The van der Waals surface area contributed by atoms with Crippen molar-refractivity contribution in [3.8, 4) is 0 Å². The number of aryl methyl sites for hydroxylation is 1. The van der Waals surface area contributed by atoms with Crippen LogP contribution in [0.3, 0.4) is 0 Å². The van der Waals surface area contributed by atoms with Crippen LogP contribution in [0.15, 0.2) is 24.9 Å². The number of nitrogens with zero attached hydrogens (tertiary/aromatic N) is 2. The van der Waals surface area contributed by atoms with Crippen molar-refractivity contribution in [3.63, 3.8) is 0 Å². The Morgan fingerprint density at radius 1 is 1.42 bits per heavy atom. The molecule has 0 spiro atoms. The first-order valence-electron chi connectivity index (χ1n) is 8.31. The molecule has 0 aromatic carbocycles. The van der Waals surface area contributed by atoms with Crippen molar-refractivity contribution in [1.29, 1.82) is 0 Å². The fraction of sp³-hybridized carbons (Fsp3) is 0.444. The van der Waals surface area contributed by atoms with E-state index in [4.69, 9.17) is 15.5 Å². The van der Waals surface area contributed by atoms with Gasteiger partial charge in [-0.1, -0.05) is 26.3 Å². The SMILES string of the molecule is C=C(C(N)=O)c1ccc2nc(CCCCC)c(NCCOC)n2c1. The van der Waals surface area contributed by atoms with Gasteiger partial charge in [0, 0.05) is 31.0 Å². The van der Waals surface area contributed by atoms with Crippen LogP contribution in [-0.2, 0) is 16.0 Å². The molecule has 3 N–H and O–H groups in total. The topological polar surface area (TPSA) is 81.7 Å². The van der Waals surface area contributed by atoms with Crippen LogP contribution in [0.2, 0.25) is 0 Å². The van der Waals surface area contributed by atoms with Crippen molar-refractivity contribution in [2.75, 3.05) is 25.6 Å². The number of ether oxygens (including phenoxy) is 1. The summed E-state index contributed by atoms with van der Waals surface area (Å²) in [6.07, 6.45) is 6.21. The normalized spacial score (nSPS) is 10.9. The van der Waals surface area contributed by atoms with E-state index in [9.17, 15) is 4.79 Å². The zero-order chi connectivity index (χ0) is 17.5. The number of imidazole rings is 1. The number of rotatable bonds is 10. The molecule has 24 heavy (non-hydrogen) atoms. The lowest BCUT2D eigenvalue weighted by Crippen LogP contribution is -2.13. The average molecular weight is 330 g/mol. The Hall–Kier alpha value is -2.34. The highest BCUT2D eigenvalue weighted by molar-refractivity contribution is 6.17. The molecule has 2 rings (SSSR count). The van der Waals surface area contributed by atoms with E-state index in [1.807, 2.05) is 22.7 Å². The van der Waals surface area contributed by atoms with Gasteiger partial charge >= 0.3 is 0 Å². The van der Waals surface area contributed by atoms with Crippen molar-refractivity contribution >= 4 is 22.9 Å². The molecule has 0 saturated carbocycles. The molecule has 0 aliphatic carbocycles. The van der Waals surface area contributed by atoms with Crippen molar-refractivity contribution in [1.82, 2.24) is 9.38 Å². The number of nitrogens with one attached hydrogen (secondary N) is 1. The van der Waals surface area contributed by atoms with Crippen LogP contribution >= 0.6 is 0 Å². The number of hydrogen-bond donors (Lipinski definition) is 2. The van der Waals surface area contributed by atoms with Gasteiger partial charge in [0.05, 0.1) is 12.3 Å². The van der Waals surface area contributed by atoms with E-state index in [0.717, 1.165) is 30.0 Å². The molecule has 6 nitrogen and oxygen atoms in total. The molecule has 0 bridgehead atoms. The van der Waals surface area contributed by atoms with Crippen LogP contribution in [-0.4, -0.2) is 35.6 Å². The first kappa shape index (κ1) is 18.0. The highest BCUT2D eigenvalue weighted by atomic mass is 16.5. The smallest absolute Gasteiger partial charge is 0.248 e. The molecule has 2 aromatic heterocycles. The summed E-state index contributed by atoms with van der Waals surface area (Å²) in [5.41, 5.74) is 8.19. The molecule has 1 amide bonds. The largest absolute Gasteiger partial charge is 0.383 e. The maximum atomic E-state index is 11.4. The van der Waals surface area contributed by atoms with E-state index in [1.165, 1.54) is 12.8 Å². The number of amides is 1. The number of carbonyl (C=O) groups is 1. The summed E-state index contributed by atoms with van der Waals surface area (Å²) in [4.78, 5) is 16.1. The molecule has 0 fully saturated rings. The fourth-order valence-electron chi connectivity index (χ4n) is 2.59. The summed E-state index contributed by atoms with van der Waals surface area (Å²) in [6.45, 7) is 7.23. The van der Waals surface area contributed by atoms with Crippen molar-refractivity contribution in [3.05, 3.63) is 36.2 Å². The lowest BCUT2D eigenvalue weighted by molar-refractivity contribution is -0.112. The van der Waals surface area contributed by atoms with Gasteiger partial charge < -0.3 is 15.8 Å². The average Bonchev–Trinajstić information content (AvgIpc) is 2.91. The second-order valence-electron chi connectivity index (χ2n) is 5.77. The number of hydrogen-bond acceptors (Lipinski definition) is 4. The number of anilines is 1. The highest BCUT2D eigenvalue weighted by Gasteiger charge is 2.14. The van der Waals surface area contributed by atoms with Gasteiger partial charge in [0.15, 0.2) is 0 Å². The second-order valence-corrected chi connectivity index (χ2v) is 5.77. The summed E-state index contributed by atoms with van der Waals surface area (Å²) in [5.74, 6) is 0.420. The van der Waals surface area contributed by atoms with Crippen LogP contribution < -0.4 is 11.1 Å². The molecule has 6 heteroatoms. The Morgan fingerprint density at radius 3 is 2.88 bits per heavy atom. The summed E-state index contributed by atoms with van der Waals surface area (Å²) >= 11 is 0. The minimum absolute atomic E-state index is 0.293. The molecular formula is C18H26N4O2. The summed E-state index contributed by atoms with van der Waals surface area (Å²) in [5, 5.41) is 3.39. The number of nitrogens with two attached hydrogens (primary N) is 1. The Morgan fingerprint density at radius 2 is 2.21 bits per heavy atom. The number of fused-ring (bicyclic) bond motifs is 1. The summed E-state index contributed by atoms with van der Waals surface area (Å²) in [7, 11) is 1.67. The van der Waals surface area contributed by atoms with Gasteiger partial charge in [-0.2, -0.15) is 0 Å². The number of primary amides is 1. The predicted molar refractivity (Wildman–Crippen MR) is 97.0 cm³/mol. The van der Waals surface area contributed by atoms with E-state index in [2.05, 4.69) is 18.8 Å². The Labute approximate surface area is 142 Å². The fourth-order valence-corrected chi connectivity index (χ4v) is 2.59. The van der Waals surface area contributed by atoms with Crippen molar-refractivity contribution < 1.29 is 9.53 Å². The molecular weight excluding hydrogens is 304 g/mol. The van der Waals surface area contributed by atoms with Crippen LogP contribution in [0.5, 0.6) is 0 Å². The summed E-state index contributed by atoms with van der Waals surface area (Å²) in [6, 6.07) is 3.71. The van der Waals surface area contributed by atoms with Crippen LogP contribution in [0, 0.1) is 0 Å². The van der Waals surface area contributed by atoms with Gasteiger partial charge in [-0.15, -0.1) is 0 Å².